The Balaban J connectivity index is 2.05. The van der Waals surface area contributed by atoms with E-state index in [9.17, 15) is 4.79 Å². The van der Waals surface area contributed by atoms with E-state index in [1.54, 1.807) is 11.8 Å². The molecule has 1 fully saturated rings. The molecule has 1 aromatic carbocycles. The van der Waals surface area contributed by atoms with E-state index in [0.717, 1.165) is 29.9 Å². The molecule has 0 aromatic heterocycles. The van der Waals surface area contributed by atoms with Crippen molar-refractivity contribution in [1.29, 1.82) is 0 Å². The summed E-state index contributed by atoms with van der Waals surface area (Å²) in [7, 11) is 0. The maximum absolute atomic E-state index is 12.1. The van der Waals surface area contributed by atoms with Crippen LogP contribution in [0.1, 0.15) is 30.1 Å². The maximum Gasteiger partial charge on any atom is 0.175 e. The number of ether oxygens (including phenoxy) is 1. The summed E-state index contributed by atoms with van der Waals surface area (Å²) in [4.78, 5) is 12.1. The number of hydrogen-bond donors (Lipinski definition) is 0. The van der Waals surface area contributed by atoms with Gasteiger partial charge in [-0.15, -0.1) is 0 Å². The maximum atomic E-state index is 12.1. The number of thioether (sulfide) groups is 1. The van der Waals surface area contributed by atoms with Crippen LogP contribution in [-0.2, 0) is 0 Å². The van der Waals surface area contributed by atoms with E-state index in [-0.39, 0.29) is 11.0 Å². The third-order valence-corrected chi connectivity index (χ3v) is 4.05. The lowest BCUT2D eigenvalue weighted by atomic mass is 10.1. The highest BCUT2D eigenvalue weighted by molar-refractivity contribution is 8.00. The van der Waals surface area contributed by atoms with Crippen LogP contribution in [0.2, 0.25) is 0 Å². The van der Waals surface area contributed by atoms with Gasteiger partial charge in [-0.2, -0.15) is 11.8 Å². The minimum atomic E-state index is 0.179. The van der Waals surface area contributed by atoms with Gasteiger partial charge in [-0.05, 0) is 49.8 Å². The SMILES string of the molecule is CCOc1ccc(C(=O)C2CCCS2)cc1. The van der Waals surface area contributed by atoms with Gasteiger partial charge in [0.1, 0.15) is 5.75 Å². The molecule has 1 aromatic rings. The van der Waals surface area contributed by atoms with Gasteiger partial charge in [0.05, 0.1) is 11.9 Å². The second-order valence-electron chi connectivity index (χ2n) is 3.82. The number of hydrogen-bond acceptors (Lipinski definition) is 3. The Labute approximate surface area is 100 Å². The molecule has 2 rings (SSSR count). The van der Waals surface area contributed by atoms with Gasteiger partial charge in [0, 0.05) is 5.56 Å². The van der Waals surface area contributed by atoms with Crippen molar-refractivity contribution in [2.45, 2.75) is 25.0 Å². The van der Waals surface area contributed by atoms with Crippen LogP contribution in [0.3, 0.4) is 0 Å². The molecule has 1 heterocycles. The van der Waals surface area contributed by atoms with Crippen molar-refractivity contribution in [3.8, 4) is 5.75 Å². The lowest BCUT2D eigenvalue weighted by Gasteiger charge is -2.08. The van der Waals surface area contributed by atoms with E-state index in [1.807, 2.05) is 31.2 Å². The molecule has 0 amide bonds. The highest BCUT2D eigenvalue weighted by Crippen LogP contribution is 2.29. The Morgan fingerprint density at radius 2 is 2.19 bits per heavy atom. The van der Waals surface area contributed by atoms with Crippen molar-refractivity contribution in [3.63, 3.8) is 0 Å². The van der Waals surface area contributed by atoms with E-state index in [1.165, 1.54) is 0 Å². The second kappa shape index (κ2) is 5.39. The van der Waals surface area contributed by atoms with Gasteiger partial charge in [-0.1, -0.05) is 0 Å². The predicted octanol–water partition coefficient (Wildman–Crippen LogP) is 3.16. The lowest BCUT2D eigenvalue weighted by Crippen LogP contribution is -2.13. The predicted molar refractivity (Wildman–Crippen MR) is 67.4 cm³/mol. The number of ketones is 1. The summed E-state index contributed by atoms with van der Waals surface area (Å²) in [6.45, 7) is 2.61. The van der Waals surface area contributed by atoms with Crippen LogP contribution in [0.25, 0.3) is 0 Å². The molecule has 16 heavy (non-hydrogen) atoms. The Morgan fingerprint density at radius 1 is 1.44 bits per heavy atom. The largest absolute Gasteiger partial charge is 0.494 e. The third kappa shape index (κ3) is 2.59. The Bertz CT molecular complexity index is 353. The Hall–Kier alpha value is -0.960. The Kier molecular flexibility index (Phi) is 3.88. The first-order valence-corrected chi connectivity index (χ1v) is 6.75. The normalized spacial score (nSPS) is 19.7. The van der Waals surface area contributed by atoms with Crippen LogP contribution in [0.5, 0.6) is 5.75 Å². The quantitative estimate of drug-likeness (QED) is 0.751. The van der Waals surface area contributed by atoms with Gasteiger partial charge < -0.3 is 4.74 Å². The number of benzene rings is 1. The summed E-state index contributed by atoms with van der Waals surface area (Å²) < 4.78 is 5.35. The van der Waals surface area contributed by atoms with Crippen molar-refractivity contribution in [3.05, 3.63) is 29.8 Å². The standard InChI is InChI=1S/C13H16O2S/c1-2-15-11-7-5-10(6-8-11)13(14)12-4-3-9-16-12/h5-8,12H,2-4,9H2,1H3. The first-order valence-electron chi connectivity index (χ1n) is 5.70. The number of rotatable bonds is 4. The molecule has 0 aliphatic carbocycles. The highest BCUT2D eigenvalue weighted by Gasteiger charge is 2.24. The molecule has 1 aliphatic rings. The second-order valence-corrected chi connectivity index (χ2v) is 5.13. The molecular weight excluding hydrogens is 220 g/mol. The summed E-state index contributed by atoms with van der Waals surface area (Å²) in [6.07, 6.45) is 2.19. The molecule has 86 valence electrons. The molecule has 2 nitrogen and oxygen atoms in total. The van der Waals surface area contributed by atoms with E-state index in [4.69, 9.17) is 4.74 Å². The van der Waals surface area contributed by atoms with Crippen LogP contribution >= 0.6 is 11.8 Å². The van der Waals surface area contributed by atoms with E-state index in [2.05, 4.69) is 0 Å². The molecule has 0 N–H and O–H groups in total. The minimum Gasteiger partial charge on any atom is -0.494 e. The van der Waals surface area contributed by atoms with Crippen molar-refractivity contribution >= 4 is 17.5 Å². The molecule has 1 atom stereocenters. The van der Waals surface area contributed by atoms with Gasteiger partial charge in [0.25, 0.3) is 0 Å². The van der Waals surface area contributed by atoms with Gasteiger partial charge in [-0.25, -0.2) is 0 Å². The van der Waals surface area contributed by atoms with E-state index >= 15 is 0 Å². The van der Waals surface area contributed by atoms with Crippen molar-refractivity contribution in [2.75, 3.05) is 12.4 Å². The van der Waals surface area contributed by atoms with Crippen LogP contribution in [0.4, 0.5) is 0 Å². The van der Waals surface area contributed by atoms with Crippen LogP contribution < -0.4 is 4.74 Å². The van der Waals surface area contributed by atoms with Gasteiger partial charge >= 0.3 is 0 Å². The topological polar surface area (TPSA) is 26.3 Å². The molecule has 1 unspecified atom stereocenters. The first kappa shape index (κ1) is 11.5. The number of carbonyl (C=O) groups is 1. The summed E-state index contributed by atoms with van der Waals surface area (Å²) >= 11 is 1.78. The monoisotopic (exact) mass is 236 g/mol. The molecular formula is C13H16O2S. The molecule has 0 saturated carbocycles. The number of Topliss-reactive ketones (excluding diaryl/α,β-unsaturated/α-hetero) is 1. The average molecular weight is 236 g/mol. The summed E-state index contributed by atoms with van der Waals surface area (Å²) in [5.41, 5.74) is 0.808. The van der Waals surface area contributed by atoms with Gasteiger partial charge in [-0.3, -0.25) is 4.79 Å². The fraction of sp³-hybridized carbons (Fsp3) is 0.462. The first-order chi connectivity index (χ1) is 7.81. The van der Waals surface area contributed by atoms with Crippen LogP contribution in [-0.4, -0.2) is 23.4 Å². The van der Waals surface area contributed by atoms with E-state index in [0.29, 0.717) is 6.61 Å². The summed E-state index contributed by atoms with van der Waals surface area (Å²) in [5, 5.41) is 0.179. The fourth-order valence-electron chi connectivity index (χ4n) is 1.85. The molecule has 0 radical (unpaired) electrons. The smallest absolute Gasteiger partial charge is 0.175 e. The van der Waals surface area contributed by atoms with Crippen LogP contribution in [0.15, 0.2) is 24.3 Å². The molecule has 0 spiro atoms. The average Bonchev–Trinajstić information content (AvgIpc) is 2.83. The lowest BCUT2D eigenvalue weighted by molar-refractivity contribution is 0.0988. The minimum absolute atomic E-state index is 0.179. The summed E-state index contributed by atoms with van der Waals surface area (Å²) in [5.74, 6) is 2.22. The third-order valence-electron chi connectivity index (χ3n) is 2.67. The van der Waals surface area contributed by atoms with Gasteiger partial charge in [0.2, 0.25) is 0 Å². The number of carbonyl (C=O) groups excluding carboxylic acids is 1. The molecule has 0 bridgehead atoms. The molecule has 1 saturated heterocycles. The molecule has 1 aliphatic heterocycles. The zero-order valence-electron chi connectivity index (χ0n) is 9.44. The summed E-state index contributed by atoms with van der Waals surface area (Å²) in [6, 6.07) is 7.48. The van der Waals surface area contributed by atoms with Crippen molar-refractivity contribution in [2.24, 2.45) is 0 Å². The molecule has 3 heteroatoms. The Morgan fingerprint density at radius 3 is 2.75 bits per heavy atom. The zero-order valence-corrected chi connectivity index (χ0v) is 10.3. The van der Waals surface area contributed by atoms with E-state index < -0.39 is 0 Å². The zero-order chi connectivity index (χ0) is 11.4. The fourth-order valence-corrected chi connectivity index (χ4v) is 3.09. The van der Waals surface area contributed by atoms with Gasteiger partial charge in [0.15, 0.2) is 5.78 Å². The highest BCUT2D eigenvalue weighted by atomic mass is 32.2. The van der Waals surface area contributed by atoms with Crippen molar-refractivity contribution in [1.82, 2.24) is 0 Å². The van der Waals surface area contributed by atoms with Crippen molar-refractivity contribution < 1.29 is 9.53 Å². The van der Waals surface area contributed by atoms with Crippen LogP contribution in [0, 0.1) is 0 Å².